The maximum Gasteiger partial charge on any atom is 0.314 e. The fourth-order valence-corrected chi connectivity index (χ4v) is 2.28. The van der Waals surface area contributed by atoms with Gasteiger partial charge in [-0.3, -0.25) is 9.69 Å². The molecule has 1 heterocycles. The number of nitrogens with one attached hydrogen (secondary N) is 2. The van der Waals surface area contributed by atoms with E-state index in [1.807, 2.05) is 0 Å². The van der Waals surface area contributed by atoms with Crippen molar-refractivity contribution in [1.82, 2.24) is 15.5 Å². The van der Waals surface area contributed by atoms with Crippen LogP contribution in [0.2, 0.25) is 0 Å². The van der Waals surface area contributed by atoms with Gasteiger partial charge in [0.05, 0.1) is 13.2 Å². The van der Waals surface area contributed by atoms with Gasteiger partial charge in [-0.15, -0.1) is 0 Å². The molecule has 0 aliphatic carbocycles. The number of nitrogens with zero attached hydrogens (tertiary/aromatic N) is 1. The highest BCUT2D eigenvalue weighted by Crippen LogP contribution is 2.05. The van der Waals surface area contributed by atoms with E-state index in [0.29, 0.717) is 12.1 Å². The molecule has 2 amide bonds. The van der Waals surface area contributed by atoms with Gasteiger partial charge in [0.25, 0.3) is 0 Å². The largest absolute Gasteiger partial charge is 0.379 e. The third-order valence-electron chi connectivity index (χ3n) is 3.62. The molecule has 6 nitrogen and oxygen atoms in total. The summed E-state index contributed by atoms with van der Waals surface area (Å²) < 4.78 is 18.0. The molecular weight excluding hydrogens is 301 g/mol. The fourth-order valence-electron chi connectivity index (χ4n) is 2.28. The van der Waals surface area contributed by atoms with E-state index in [9.17, 15) is 14.0 Å². The lowest BCUT2D eigenvalue weighted by Crippen LogP contribution is -2.44. The quantitative estimate of drug-likeness (QED) is 0.735. The van der Waals surface area contributed by atoms with Crippen LogP contribution in [0, 0.1) is 5.82 Å². The van der Waals surface area contributed by atoms with E-state index in [4.69, 9.17) is 4.74 Å². The number of hydrogen-bond acceptors (Lipinski definition) is 4. The zero-order chi connectivity index (χ0) is 16.5. The molecule has 1 aromatic rings. The van der Waals surface area contributed by atoms with Crippen LogP contribution in [0.25, 0.3) is 0 Å². The summed E-state index contributed by atoms with van der Waals surface area (Å²) in [5.74, 6) is -0.502. The summed E-state index contributed by atoms with van der Waals surface area (Å²) in [5, 5.41) is 5.40. The highest BCUT2D eigenvalue weighted by atomic mass is 19.1. The van der Waals surface area contributed by atoms with Gasteiger partial charge in [-0.2, -0.15) is 0 Å². The SMILES string of the molecule is O=C(NCCC(=O)c1ccc(F)cc1)NCCN1CCOCC1. The third kappa shape index (κ3) is 6.33. The van der Waals surface area contributed by atoms with E-state index in [0.717, 1.165) is 32.8 Å². The number of Topliss-reactive ketones (excluding diaryl/α,β-unsaturated/α-hetero) is 1. The van der Waals surface area contributed by atoms with Crippen molar-refractivity contribution in [2.24, 2.45) is 0 Å². The first-order valence-electron chi connectivity index (χ1n) is 7.76. The Bertz CT molecular complexity index is 516. The predicted octanol–water partition coefficient (Wildman–Crippen LogP) is 1.03. The summed E-state index contributed by atoms with van der Waals surface area (Å²) >= 11 is 0. The molecule has 126 valence electrons. The Morgan fingerprint density at radius 2 is 1.74 bits per heavy atom. The van der Waals surface area contributed by atoms with Gasteiger partial charge in [-0.25, -0.2) is 9.18 Å². The summed E-state index contributed by atoms with van der Waals surface area (Å²) in [7, 11) is 0. The highest BCUT2D eigenvalue weighted by molar-refractivity contribution is 5.96. The number of morpholine rings is 1. The second-order valence-corrected chi connectivity index (χ2v) is 5.32. The number of ether oxygens (including phenoxy) is 1. The van der Waals surface area contributed by atoms with E-state index in [1.165, 1.54) is 24.3 Å². The number of benzene rings is 1. The van der Waals surface area contributed by atoms with Gasteiger partial charge in [0.15, 0.2) is 5.78 Å². The number of urea groups is 1. The standard InChI is InChI=1S/C16H22FN3O3/c17-14-3-1-13(2-4-14)15(21)5-6-18-16(22)19-7-8-20-9-11-23-12-10-20/h1-4H,5-12H2,(H2,18,19,22). The number of halogens is 1. The zero-order valence-electron chi connectivity index (χ0n) is 13.0. The van der Waals surface area contributed by atoms with E-state index in [2.05, 4.69) is 15.5 Å². The Labute approximate surface area is 135 Å². The van der Waals surface area contributed by atoms with Crippen molar-refractivity contribution in [2.45, 2.75) is 6.42 Å². The average Bonchev–Trinajstić information content (AvgIpc) is 2.56. The van der Waals surface area contributed by atoms with Gasteiger partial charge in [0.2, 0.25) is 0 Å². The molecule has 7 heteroatoms. The summed E-state index contributed by atoms with van der Waals surface area (Å²) in [6.07, 6.45) is 0.183. The Balaban J connectivity index is 1.57. The number of hydrogen-bond donors (Lipinski definition) is 2. The van der Waals surface area contributed by atoms with Crippen LogP contribution in [0.3, 0.4) is 0 Å². The van der Waals surface area contributed by atoms with Crippen LogP contribution < -0.4 is 10.6 Å². The molecule has 0 spiro atoms. The second kappa shape index (κ2) is 9.22. The molecule has 0 atom stereocenters. The van der Waals surface area contributed by atoms with Crippen LogP contribution in [0.4, 0.5) is 9.18 Å². The van der Waals surface area contributed by atoms with Gasteiger partial charge < -0.3 is 15.4 Å². The molecule has 1 aliphatic heterocycles. The van der Waals surface area contributed by atoms with E-state index < -0.39 is 0 Å². The Kier molecular flexibility index (Phi) is 6.96. The molecule has 2 rings (SSSR count). The number of carbonyl (C=O) groups is 2. The summed E-state index contributed by atoms with van der Waals surface area (Å²) in [4.78, 5) is 25.7. The molecule has 1 fully saturated rings. The van der Waals surface area contributed by atoms with Crippen molar-refractivity contribution in [1.29, 1.82) is 0 Å². The number of ketones is 1. The molecule has 1 aliphatic rings. The van der Waals surface area contributed by atoms with Crippen molar-refractivity contribution in [3.05, 3.63) is 35.6 Å². The second-order valence-electron chi connectivity index (χ2n) is 5.32. The topological polar surface area (TPSA) is 70.7 Å². The molecule has 0 unspecified atom stereocenters. The van der Waals surface area contributed by atoms with Gasteiger partial charge in [0, 0.05) is 44.7 Å². The highest BCUT2D eigenvalue weighted by Gasteiger charge is 2.10. The fraction of sp³-hybridized carbons (Fsp3) is 0.500. The molecule has 23 heavy (non-hydrogen) atoms. The molecule has 0 bridgehead atoms. The first-order valence-corrected chi connectivity index (χ1v) is 7.76. The first kappa shape index (κ1) is 17.4. The minimum absolute atomic E-state index is 0.126. The van der Waals surface area contributed by atoms with Crippen LogP contribution in [-0.2, 0) is 4.74 Å². The van der Waals surface area contributed by atoms with E-state index >= 15 is 0 Å². The van der Waals surface area contributed by atoms with Gasteiger partial charge in [-0.05, 0) is 24.3 Å². The lowest BCUT2D eigenvalue weighted by molar-refractivity contribution is 0.0387. The van der Waals surface area contributed by atoms with Crippen molar-refractivity contribution in [3.63, 3.8) is 0 Å². The van der Waals surface area contributed by atoms with Crippen LogP contribution in [-0.4, -0.2) is 62.7 Å². The zero-order valence-corrected chi connectivity index (χ0v) is 13.0. The van der Waals surface area contributed by atoms with Crippen molar-refractivity contribution in [2.75, 3.05) is 45.9 Å². The normalized spacial score (nSPS) is 15.2. The van der Waals surface area contributed by atoms with Gasteiger partial charge in [-0.1, -0.05) is 0 Å². The monoisotopic (exact) mass is 323 g/mol. The smallest absolute Gasteiger partial charge is 0.314 e. The average molecular weight is 323 g/mol. The van der Waals surface area contributed by atoms with E-state index in [-0.39, 0.29) is 30.6 Å². The van der Waals surface area contributed by atoms with Crippen LogP contribution in [0.1, 0.15) is 16.8 Å². The van der Waals surface area contributed by atoms with Gasteiger partial charge in [0.1, 0.15) is 5.82 Å². The number of amides is 2. The number of rotatable bonds is 7. The van der Waals surface area contributed by atoms with Crippen molar-refractivity contribution < 1.29 is 18.7 Å². The van der Waals surface area contributed by atoms with Crippen molar-refractivity contribution in [3.8, 4) is 0 Å². The minimum atomic E-state index is -0.376. The van der Waals surface area contributed by atoms with Crippen LogP contribution in [0.15, 0.2) is 24.3 Å². The lowest BCUT2D eigenvalue weighted by atomic mass is 10.1. The summed E-state index contributed by atoms with van der Waals surface area (Å²) in [6, 6.07) is 5.10. The molecule has 2 N–H and O–H groups in total. The van der Waals surface area contributed by atoms with Crippen molar-refractivity contribution >= 4 is 11.8 Å². The Morgan fingerprint density at radius 1 is 1.09 bits per heavy atom. The summed E-state index contributed by atoms with van der Waals surface area (Å²) in [6.45, 7) is 4.82. The van der Waals surface area contributed by atoms with Gasteiger partial charge >= 0.3 is 6.03 Å². The maximum absolute atomic E-state index is 12.8. The molecule has 0 aromatic heterocycles. The molecule has 0 radical (unpaired) electrons. The molecular formula is C16H22FN3O3. The van der Waals surface area contributed by atoms with E-state index in [1.54, 1.807) is 0 Å². The first-order chi connectivity index (χ1) is 11.1. The Hall–Kier alpha value is -1.99. The molecule has 1 aromatic carbocycles. The van der Waals surface area contributed by atoms with Crippen LogP contribution in [0.5, 0.6) is 0 Å². The Morgan fingerprint density at radius 3 is 2.43 bits per heavy atom. The lowest BCUT2D eigenvalue weighted by Gasteiger charge is -2.26. The molecule has 1 saturated heterocycles. The predicted molar refractivity (Wildman–Crippen MR) is 84.0 cm³/mol. The van der Waals surface area contributed by atoms with Crippen LogP contribution >= 0.6 is 0 Å². The molecule has 0 saturated carbocycles. The minimum Gasteiger partial charge on any atom is -0.379 e. The third-order valence-corrected chi connectivity index (χ3v) is 3.62. The maximum atomic E-state index is 12.8. The summed E-state index contributed by atoms with van der Waals surface area (Å²) in [5.41, 5.74) is 0.445. The number of carbonyl (C=O) groups excluding carboxylic acids is 2.